The van der Waals surface area contributed by atoms with Crippen LogP contribution in [0.3, 0.4) is 0 Å². The van der Waals surface area contributed by atoms with Gasteiger partial charge in [0.1, 0.15) is 0 Å². The number of rotatable bonds is 5. The molecule has 162 valence electrons. The van der Waals surface area contributed by atoms with Crippen LogP contribution in [0.1, 0.15) is 34.9 Å². The van der Waals surface area contributed by atoms with Crippen LogP contribution >= 0.6 is 0 Å². The summed E-state index contributed by atoms with van der Waals surface area (Å²) in [4.78, 5) is 12.7. The predicted octanol–water partition coefficient (Wildman–Crippen LogP) is 4.99. The van der Waals surface area contributed by atoms with Gasteiger partial charge in [0.05, 0.1) is 29.2 Å². The minimum absolute atomic E-state index is 0.116. The quantitative estimate of drug-likeness (QED) is 0.349. The Morgan fingerprint density at radius 2 is 1.58 bits per heavy atom. The fourth-order valence-corrected chi connectivity index (χ4v) is 3.74. The zero-order chi connectivity index (χ0) is 22.4. The summed E-state index contributed by atoms with van der Waals surface area (Å²) in [5.41, 5.74) is 1.13. The second-order valence-corrected chi connectivity index (χ2v) is 7.60. The Bertz CT molecular complexity index is 1150. The number of amides is 1. The number of aryl methyl sites for hydroxylation is 1. The van der Waals surface area contributed by atoms with E-state index in [2.05, 4.69) is 10.4 Å². The maximum atomic E-state index is 14.0. The van der Waals surface area contributed by atoms with Crippen molar-refractivity contribution in [2.45, 2.75) is 32.7 Å². The number of nitrogens with one attached hydrogen (secondary N) is 1. The van der Waals surface area contributed by atoms with Crippen LogP contribution in [0.15, 0.2) is 30.3 Å². The van der Waals surface area contributed by atoms with Gasteiger partial charge in [0.25, 0.3) is 0 Å². The lowest BCUT2D eigenvalue weighted by Crippen LogP contribution is -2.16. The first kappa shape index (κ1) is 21.0. The van der Waals surface area contributed by atoms with E-state index in [-0.39, 0.29) is 17.7 Å². The number of carbonyl (C=O) groups is 1. The van der Waals surface area contributed by atoms with Gasteiger partial charge in [-0.05, 0) is 31.7 Å². The Morgan fingerprint density at radius 1 is 1.00 bits per heavy atom. The van der Waals surface area contributed by atoms with Crippen LogP contribution in [-0.2, 0) is 11.3 Å². The highest BCUT2D eigenvalue weighted by atomic mass is 19.2. The molecule has 1 N–H and O–H groups in total. The molecular weight excluding hydrogens is 417 g/mol. The zero-order valence-electron chi connectivity index (χ0n) is 16.6. The van der Waals surface area contributed by atoms with Crippen molar-refractivity contribution < 1.29 is 26.7 Å². The predicted molar refractivity (Wildman–Crippen MR) is 103 cm³/mol. The largest absolute Gasteiger partial charge is 0.323 e. The summed E-state index contributed by atoms with van der Waals surface area (Å²) in [7, 11) is 0. The topological polar surface area (TPSA) is 46.9 Å². The van der Waals surface area contributed by atoms with E-state index in [1.54, 1.807) is 13.8 Å². The highest BCUT2D eigenvalue weighted by molar-refractivity contribution is 5.96. The molecule has 2 unspecified atom stereocenters. The van der Waals surface area contributed by atoms with E-state index in [0.29, 0.717) is 23.5 Å². The van der Waals surface area contributed by atoms with Crippen molar-refractivity contribution in [1.82, 2.24) is 9.78 Å². The zero-order valence-corrected chi connectivity index (χ0v) is 16.6. The summed E-state index contributed by atoms with van der Waals surface area (Å²) in [5.74, 6) is -10.3. The fraction of sp³-hybridized carbons (Fsp3) is 0.273. The third kappa shape index (κ3) is 3.68. The van der Waals surface area contributed by atoms with Crippen LogP contribution in [0.2, 0.25) is 0 Å². The fourth-order valence-electron chi connectivity index (χ4n) is 3.74. The molecule has 1 aliphatic carbocycles. The molecule has 3 aromatic rings. The number of hydrogen-bond donors (Lipinski definition) is 1. The molecule has 4 rings (SSSR count). The summed E-state index contributed by atoms with van der Waals surface area (Å²) in [5, 5.41) is 6.90. The molecular formula is C22H18F5N3O. The second-order valence-electron chi connectivity index (χ2n) is 7.60. The average molecular weight is 435 g/mol. The molecule has 1 saturated carbocycles. The van der Waals surface area contributed by atoms with Crippen molar-refractivity contribution in [2.24, 2.45) is 5.92 Å². The minimum atomic E-state index is -2.21. The van der Waals surface area contributed by atoms with Crippen molar-refractivity contribution in [3.05, 3.63) is 81.9 Å². The summed E-state index contributed by atoms with van der Waals surface area (Å²) >= 11 is 0. The second kappa shape index (κ2) is 7.79. The van der Waals surface area contributed by atoms with E-state index in [9.17, 15) is 26.7 Å². The number of benzene rings is 2. The van der Waals surface area contributed by atoms with E-state index in [1.165, 1.54) is 0 Å². The molecule has 0 aliphatic heterocycles. The lowest BCUT2D eigenvalue weighted by Gasteiger charge is -2.10. The van der Waals surface area contributed by atoms with Gasteiger partial charge >= 0.3 is 0 Å². The molecule has 4 nitrogen and oxygen atoms in total. The Morgan fingerprint density at radius 3 is 2.19 bits per heavy atom. The smallest absolute Gasteiger partial charge is 0.228 e. The van der Waals surface area contributed by atoms with Crippen LogP contribution in [0.5, 0.6) is 0 Å². The monoisotopic (exact) mass is 435 g/mol. The standard InChI is InChI=1S/C22H18F5N3O/c1-10-21(28-22(31)14-8-13(14)12-6-4-3-5-7-12)11(2)30(29-10)9-15-16(23)18(25)20(27)19(26)17(15)24/h3-7,13-14H,8-9H2,1-2H3,(H,28,31). The molecule has 9 heteroatoms. The van der Waals surface area contributed by atoms with E-state index >= 15 is 0 Å². The summed E-state index contributed by atoms with van der Waals surface area (Å²) in [6.07, 6.45) is 0.701. The highest BCUT2D eigenvalue weighted by Gasteiger charge is 2.44. The van der Waals surface area contributed by atoms with Gasteiger partial charge in [-0.15, -0.1) is 0 Å². The number of hydrogen-bond acceptors (Lipinski definition) is 2. The van der Waals surface area contributed by atoms with Crippen LogP contribution in [-0.4, -0.2) is 15.7 Å². The first-order valence-corrected chi connectivity index (χ1v) is 9.60. The minimum Gasteiger partial charge on any atom is -0.323 e. The molecule has 31 heavy (non-hydrogen) atoms. The average Bonchev–Trinajstić information content (AvgIpc) is 3.53. The van der Waals surface area contributed by atoms with Crippen LogP contribution in [0.25, 0.3) is 0 Å². The van der Waals surface area contributed by atoms with E-state index in [4.69, 9.17) is 0 Å². The third-order valence-corrected chi connectivity index (χ3v) is 5.59. The summed E-state index contributed by atoms with van der Waals surface area (Å²) in [6.45, 7) is 2.45. The molecule has 2 aromatic carbocycles. The molecule has 1 amide bonds. The molecule has 1 fully saturated rings. The molecule has 0 saturated heterocycles. The SMILES string of the molecule is Cc1nn(Cc2c(F)c(F)c(F)c(F)c2F)c(C)c1NC(=O)C1CC1c1ccccc1. The van der Waals surface area contributed by atoms with Gasteiger partial charge in [-0.2, -0.15) is 5.10 Å². The highest BCUT2D eigenvalue weighted by Crippen LogP contribution is 2.48. The Balaban J connectivity index is 1.55. The molecule has 2 atom stereocenters. The van der Waals surface area contributed by atoms with Crippen LogP contribution in [0, 0.1) is 48.9 Å². The molecule has 1 aromatic heterocycles. The van der Waals surface area contributed by atoms with Crippen molar-refractivity contribution in [2.75, 3.05) is 5.32 Å². The van der Waals surface area contributed by atoms with Gasteiger partial charge in [0, 0.05) is 5.92 Å². The maximum Gasteiger partial charge on any atom is 0.228 e. The van der Waals surface area contributed by atoms with E-state index in [0.717, 1.165) is 10.2 Å². The van der Waals surface area contributed by atoms with Crippen LogP contribution in [0.4, 0.5) is 27.6 Å². The lowest BCUT2D eigenvalue weighted by atomic mass is 10.1. The first-order chi connectivity index (χ1) is 14.7. The van der Waals surface area contributed by atoms with E-state index in [1.807, 2.05) is 30.3 Å². The number of aromatic nitrogens is 2. The van der Waals surface area contributed by atoms with Gasteiger partial charge < -0.3 is 5.32 Å². The molecule has 0 bridgehead atoms. The van der Waals surface area contributed by atoms with Gasteiger partial charge in [-0.1, -0.05) is 30.3 Å². The maximum absolute atomic E-state index is 14.0. The van der Waals surface area contributed by atoms with Crippen LogP contribution < -0.4 is 5.32 Å². The summed E-state index contributed by atoms with van der Waals surface area (Å²) in [6, 6.07) is 9.61. The van der Waals surface area contributed by atoms with Crippen molar-refractivity contribution in [1.29, 1.82) is 0 Å². The Labute approximate surface area is 174 Å². The number of halogens is 5. The van der Waals surface area contributed by atoms with Gasteiger partial charge in [-0.3, -0.25) is 9.48 Å². The lowest BCUT2D eigenvalue weighted by molar-refractivity contribution is -0.117. The van der Waals surface area contributed by atoms with Crippen molar-refractivity contribution >= 4 is 11.6 Å². The normalized spacial score (nSPS) is 17.6. The van der Waals surface area contributed by atoms with Crippen molar-refractivity contribution in [3.8, 4) is 0 Å². The number of nitrogens with zero attached hydrogens (tertiary/aromatic N) is 2. The molecule has 1 aliphatic rings. The van der Waals surface area contributed by atoms with E-state index < -0.39 is 41.2 Å². The summed E-state index contributed by atoms with van der Waals surface area (Å²) < 4.78 is 69.4. The van der Waals surface area contributed by atoms with Gasteiger partial charge in [-0.25, -0.2) is 22.0 Å². The molecule has 0 spiro atoms. The van der Waals surface area contributed by atoms with Gasteiger partial charge in [0.15, 0.2) is 23.3 Å². The van der Waals surface area contributed by atoms with Gasteiger partial charge in [0.2, 0.25) is 11.7 Å². The Kier molecular flexibility index (Phi) is 5.28. The molecule has 0 radical (unpaired) electrons. The number of carbonyl (C=O) groups excluding carboxylic acids is 1. The molecule has 1 heterocycles. The Hall–Kier alpha value is -3.23. The third-order valence-electron chi connectivity index (χ3n) is 5.59. The number of anilines is 1. The first-order valence-electron chi connectivity index (χ1n) is 9.60. The van der Waals surface area contributed by atoms with Crippen molar-refractivity contribution in [3.63, 3.8) is 0 Å².